The maximum absolute atomic E-state index is 13.3. The first-order chi connectivity index (χ1) is 20.6. The fourth-order valence-corrected chi connectivity index (χ4v) is 6.38. The molecule has 0 spiro atoms. The number of aliphatic imine (C=N–C) groups is 1. The van der Waals surface area contributed by atoms with E-state index in [9.17, 15) is 22.8 Å². The van der Waals surface area contributed by atoms with Crippen LogP contribution in [0.15, 0.2) is 77.4 Å². The number of aromatic nitrogens is 2. The monoisotopic (exact) mass is 624 g/mol. The zero-order valence-electron chi connectivity index (χ0n) is 23.0. The van der Waals surface area contributed by atoms with Crippen molar-refractivity contribution in [3.05, 3.63) is 88.5 Å². The highest BCUT2D eigenvalue weighted by Gasteiger charge is 2.28. The topological polar surface area (TPSA) is 215 Å². The summed E-state index contributed by atoms with van der Waals surface area (Å²) < 4.78 is 28.0. The zero-order valence-corrected chi connectivity index (χ0v) is 24.7. The molecule has 0 bridgehead atoms. The van der Waals surface area contributed by atoms with Crippen LogP contribution in [0.25, 0.3) is 10.9 Å². The molecule has 2 aromatic carbocycles. The summed E-state index contributed by atoms with van der Waals surface area (Å²) in [6, 6.07) is 13.8. The van der Waals surface area contributed by atoms with Gasteiger partial charge in [-0.2, -0.15) is 0 Å². The van der Waals surface area contributed by atoms with E-state index in [2.05, 4.69) is 30.3 Å². The van der Waals surface area contributed by atoms with E-state index in [1.54, 1.807) is 41.9 Å². The molecule has 226 valence electrons. The fourth-order valence-electron chi connectivity index (χ4n) is 4.38. The van der Waals surface area contributed by atoms with Gasteiger partial charge in [0, 0.05) is 41.6 Å². The number of aromatic amines is 1. The molecule has 2 aromatic heterocycles. The Hall–Kier alpha value is -4.60. The Kier molecular flexibility index (Phi) is 10.6. The van der Waals surface area contributed by atoms with Gasteiger partial charge in [0.25, 0.3) is 0 Å². The van der Waals surface area contributed by atoms with E-state index in [1.165, 1.54) is 6.20 Å². The molecule has 0 aliphatic rings. The van der Waals surface area contributed by atoms with Gasteiger partial charge < -0.3 is 27.1 Å². The van der Waals surface area contributed by atoms with Crippen molar-refractivity contribution in [2.24, 2.45) is 16.5 Å². The lowest BCUT2D eigenvalue weighted by Gasteiger charge is -2.19. The van der Waals surface area contributed by atoms with Gasteiger partial charge in [-0.05, 0) is 23.6 Å². The second-order valence-corrected chi connectivity index (χ2v) is 12.3. The Morgan fingerprint density at radius 2 is 1.77 bits per heavy atom. The molecule has 15 heteroatoms. The van der Waals surface area contributed by atoms with Crippen LogP contribution >= 0.6 is 11.3 Å². The highest BCUT2D eigenvalue weighted by molar-refractivity contribution is 7.88. The molecule has 0 radical (unpaired) electrons. The number of guanidine groups is 1. The van der Waals surface area contributed by atoms with Crippen LogP contribution in [-0.4, -0.2) is 67.1 Å². The number of para-hydroxylation sites is 1. The van der Waals surface area contributed by atoms with Crippen molar-refractivity contribution < 1.29 is 22.8 Å². The quantitative estimate of drug-likeness (QED) is 0.0630. The van der Waals surface area contributed by atoms with Crippen molar-refractivity contribution in [3.63, 3.8) is 0 Å². The Bertz CT molecular complexity index is 1680. The minimum atomic E-state index is -3.95. The summed E-state index contributed by atoms with van der Waals surface area (Å²) in [7, 11) is -3.95. The minimum Gasteiger partial charge on any atom is -0.370 e. The van der Waals surface area contributed by atoms with E-state index in [-0.39, 0.29) is 41.9 Å². The second kappa shape index (κ2) is 14.5. The summed E-state index contributed by atoms with van der Waals surface area (Å²) in [4.78, 5) is 50.4. The first kappa shape index (κ1) is 31.3. The second-order valence-electron chi connectivity index (χ2n) is 9.61. The lowest BCUT2D eigenvalue weighted by atomic mass is 10.0. The van der Waals surface area contributed by atoms with Crippen molar-refractivity contribution in [1.82, 2.24) is 25.3 Å². The van der Waals surface area contributed by atoms with Gasteiger partial charge in [-0.25, -0.2) is 18.1 Å². The van der Waals surface area contributed by atoms with Crippen LogP contribution in [0.5, 0.6) is 0 Å². The predicted octanol–water partition coefficient (Wildman–Crippen LogP) is 0.803. The van der Waals surface area contributed by atoms with Gasteiger partial charge in [0.15, 0.2) is 11.0 Å². The van der Waals surface area contributed by atoms with Crippen molar-refractivity contribution >= 4 is 55.8 Å². The van der Waals surface area contributed by atoms with E-state index >= 15 is 0 Å². The maximum Gasteiger partial charge on any atom is 0.240 e. The van der Waals surface area contributed by atoms with Gasteiger partial charge in [-0.15, -0.1) is 11.3 Å². The molecule has 0 saturated carbocycles. The number of nitrogens with two attached hydrogens (primary N) is 2. The third kappa shape index (κ3) is 9.19. The summed E-state index contributed by atoms with van der Waals surface area (Å²) in [6.07, 6.45) is 3.40. The molecule has 2 atom stereocenters. The highest BCUT2D eigenvalue weighted by Crippen LogP contribution is 2.20. The molecule has 13 nitrogen and oxygen atoms in total. The molecule has 43 heavy (non-hydrogen) atoms. The van der Waals surface area contributed by atoms with Crippen molar-refractivity contribution in [1.29, 1.82) is 0 Å². The lowest BCUT2D eigenvalue weighted by Crippen LogP contribution is -2.51. The molecule has 4 aromatic rings. The van der Waals surface area contributed by atoms with Crippen LogP contribution in [0.4, 0.5) is 0 Å². The fraction of sp³-hybridized carbons (Fsp3) is 0.250. The maximum atomic E-state index is 13.3. The number of fused-ring (bicyclic) bond motifs is 1. The van der Waals surface area contributed by atoms with Crippen LogP contribution in [0.3, 0.4) is 0 Å². The van der Waals surface area contributed by atoms with Crippen molar-refractivity contribution in [3.8, 4) is 0 Å². The van der Waals surface area contributed by atoms with Gasteiger partial charge in [0.1, 0.15) is 6.04 Å². The van der Waals surface area contributed by atoms with Crippen LogP contribution < -0.4 is 26.8 Å². The molecule has 0 aliphatic carbocycles. The van der Waals surface area contributed by atoms with Crippen molar-refractivity contribution in [2.45, 2.75) is 30.7 Å². The van der Waals surface area contributed by atoms with E-state index in [1.807, 2.05) is 24.3 Å². The standard InChI is InChI=1S/C28H32N8O5S2/c29-28(30)32-11-10-22(36-43(40,41)17-18-6-2-1-3-7-18)26(39)34-16-24(37)35-23(25(38)27-31-12-13-42-27)14-19-15-33-21-9-5-4-8-20(19)21/h1-9,12-13,15,22-23,33,36H,10-11,14,16-17H2,(H,34,39)(H,35,37)(H4,29,30,32). The number of Topliss-reactive ketones (excluding diaryl/α,β-unsaturated/α-hetero) is 1. The molecule has 8 N–H and O–H groups in total. The van der Waals surface area contributed by atoms with Gasteiger partial charge >= 0.3 is 0 Å². The molecular weight excluding hydrogens is 592 g/mol. The first-order valence-corrected chi connectivity index (χ1v) is 15.8. The number of thiazole rings is 1. The number of hydrogen-bond donors (Lipinski definition) is 6. The normalized spacial score (nSPS) is 12.7. The number of sulfonamides is 1. The van der Waals surface area contributed by atoms with Gasteiger partial charge in [-0.1, -0.05) is 48.5 Å². The lowest BCUT2D eigenvalue weighted by molar-refractivity contribution is -0.127. The summed E-state index contributed by atoms with van der Waals surface area (Å²) >= 11 is 1.16. The summed E-state index contributed by atoms with van der Waals surface area (Å²) in [6.45, 7) is -0.539. The third-order valence-electron chi connectivity index (χ3n) is 6.37. The number of nitrogens with one attached hydrogen (secondary N) is 4. The molecule has 0 saturated heterocycles. The molecule has 0 aliphatic heterocycles. The largest absolute Gasteiger partial charge is 0.370 e. The average Bonchev–Trinajstić information content (AvgIpc) is 3.66. The number of benzene rings is 2. The van der Waals surface area contributed by atoms with E-state index < -0.39 is 40.5 Å². The number of carbonyl (C=O) groups is 3. The third-order valence-corrected chi connectivity index (χ3v) is 8.51. The molecule has 0 fully saturated rings. The summed E-state index contributed by atoms with van der Waals surface area (Å²) in [5.74, 6) is -2.33. The van der Waals surface area contributed by atoms with Crippen molar-refractivity contribution in [2.75, 3.05) is 13.1 Å². The summed E-state index contributed by atoms with van der Waals surface area (Å²) in [5, 5.41) is 7.97. The van der Waals surface area contributed by atoms with E-state index in [0.29, 0.717) is 5.56 Å². The number of carbonyl (C=O) groups excluding carboxylic acids is 3. The number of H-pyrrole nitrogens is 1. The predicted molar refractivity (Wildman–Crippen MR) is 165 cm³/mol. The SMILES string of the molecule is NC(N)=NCCC(NS(=O)(=O)Cc1ccccc1)C(=O)NCC(=O)NC(Cc1c[nH]c2ccccc12)C(=O)c1nccs1. The minimum absolute atomic E-state index is 0.0323. The van der Waals surface area contributed by atoms with Gasteiger partial charge in [0.2, 0.25) is 27.6 Å². The Morgan fingerprint density at radius 3 is 2.49 bits per heavy atom. The molecule has 2 amide bonds. The molecular formula is C28H32N8O5S2. The van der Waals surface area contributed by atoms with Crippen LogP contribution in [0, 0.1) is 0 Å². The molecule has 4 rings (SSSR count). The number of hydrogen-bond acceptors (Lipinski definition) is 8. The average molecular weight is 625 g/mol. The Balaban J connectivity index is 1.43. The smallest absolute Gasteiger partial charge is 0.240 e. The van der Waals surface area contributed by atoms with E-state index in [4.69, 9.17) is 11.5 Å². The Labute approximate surface area is 252 Å². The number of amides is 2. The Morgan fingerprint density at radius 1 is 1.02 bits per heavy atom. The highest BCUT2D eigenvalue weighted by atomic mass is 32.2. The number of ketones is 1. The van der Waals surface area contributed by atoms with Crippen LogP contribution in [0.2, 0.25) is 0 Å². The zero-order chi connectivity index (χ0) is 30.8. The number of nitrogens with zero attached hydrogens (tertiary/aromatic N) is 2. The van der Waals surface area contributed by atoms with Gasteiger partial charge in [0.05, 0.1) is 18.3 Å². The number of rotatable bonds is 15. The molecule has 2 unspecified atom stereocenters. The van der Waals surface area contributed by atoms with E-state index in [0.717, 1.165) is 27.8 Å². The molecule has 2 heterocycles. The first-order valence-electron chi connectivity index (χ1n) is 13.3. The van der Waals surface area contributed by atoms with Crippen LogP contribution in [0.1, 0.15) is 27.3 Å². The van der Waals surface area contributed by atoms with Gasteiger partial charge in [-0.3, -0.25) is 19.4 Å². The summed E-state index contributed by atoms with van der Waals surface area (Å²) in [5.41, 5.74) is 13.0. The van der Waals surface area contributed by atoms with Crippen LogP contribution in [-0.2, 0) is 31.8 Å².